The fourth-order valence-electron chi connectivity index (χ4n) is 10.0. The van der Waals surface area contributed by atoms with Gasteiger partial charge in [-0.25, -0.2) is 9.59 Å². The van der Waals surface area contributed by atoms with Gasteiger partial charge >= 0.3 is 12.2 Å². The van der Waals surface area contributed by atoms with E-state index in [9.17, 15) is 19.2 Å². The Morgan fingerprint density at radius 2 is 1.51 bits per heavy atom. The number of nitrogens with two attached hydrogens (primary N) is 1. The molecule has 7 rings (SSSR count). The molecule has 3 aliphatic rings. The van der Waals surface area contributed by atoms with Crippen molar-refractivity contribution >= 4 is 63.6 Å². The van der Waals surface area contributed by atoms with Gasteiger partial charge in [0.1, 0.15) is 23.2 Å². The number of carbonyl (C=O) groups excluding carboxylic acids is 4. The van der Waals surface area contributed by atoms with Crippen LogP contribution in [0.3, 0.4) is 0 Å². The molecule has 5 N–H and O–H groups in total. The first kappa shape index (κ1) is 45.2. The summed E-state index contributed by atoms with van der Waals surface area (Å²) in [5.74, 6) is 0.0392. The fourth-order valence-corrected chi connectivity index (χ4v) is 10.0. The van der Waals surface area contributed by atoms with Crippen LogP contribution in [0.25, 0.3) is 33.1 Å². The average Bonchev–Trinajstić information content (AvgIpc) is 4.11. The predicted molar refractivity (Wildman–Crippen MR) is 245 cm³/mol. The molecule has 15 nitrogen and oxygen atoms in total. The topological polar surface area (TPSA) is 205 Å². The van der Waals surface area contributed by atoms with Crippen molar-refractivity contribution < 1.29 is 33.1 Å². The Morgan fingerprint density at radius 1 is 0.857 bits per heavy atom. The molecule has 2 aromatic heterocycles. The molecular formula is C48H62N8O7. The third-order valence-electron chi connectivity index (χ3n) is 13.5. The summed E-state index contributed by atoms with van der Waals surface area (Å²) in [6.45, 7) is 11.3. The minimum atomic E-state index is -0.718. The Bertz CT molecular complexity index is 2370. The number of likely N-dealkylation sites (tertiary alicyclic amines) is 2. The van der Waals surface area contributed by atoms with Gasteiger partial charge in [0.2, 0.25) is 11.8 Å². The van der Waals surface area contributed by atoms with E-state index in [-0.39, 0.29) is 60.0 Å². The number of furan rings is 2. The van der Waals surface area contributed by atoms with Gasteiger partial charge in [0.05, 0.1) is 50.8 Å². The zero-order chi connectivity index (χ0) is 45.1. The number of carbonyl (C=O) groups is 4. The lowest BCUT2D eigenvalue weighted by Crippen LogP contribution is -2.57. The van der Waals surface area contributed by atoms with Gasteiger partial charge in [0.25, 0.3) is 0 Å². The van der Waals surface area contributed by atoms with Gasteiger partial charge < -0.3 is 40.1 Å². The number of nitrogens with zero attached hydrogens (tertiary/aromatic N) is 4. The summed E-state index contributed by atoms with van der Waals surface area (Å²) in [5.41, 5.74) is 12.4. The van der Waals surface area contributed by atoms with Crippen LogP contribution in [-0.4, -0.2) is 122 Å². The Kier molecular flexibility index (Phi) is 13.8. The normalized spacial score (nSPS) is 22.4. The number of rotatable bonds is 15. The third kappa shape index (κ3) is 9.16. The predicted octanol–water partition coefficient (Wildman–Crippen LogP) is 6.65. The van der Waals surface area contributed by atoms with E-state index < -0.39 is 24.3 Å². The van der Waals surface area contributed by atoms with Gasteiger partial charge in [-0.2, -0.15) is 0 Å². The van der Waals surface area contributed by atoms with E-state index in [4.69, 9.17) is 35.0 Å². The SMILES string of the molecule is COC(=O)NC(C(=O)N1CCCC(C)C1CN=C(CN)c1ccc(-c2ccc(C(=N)C=NCC3C4CCC(C4)N3C(=O)C(NC(=O)OC)C(C)C)cc2)c2c3ccc(o3)c12)C(C)C. The molecule has 4 heterocycles. The molecule has 1 saturated carbocycles. The lowest BCUT2D eigenvalue weighted by Gasteiger charge is -2.41. The second kappa shape index (κ2) is 19.3. The first-order chi connectivity index (χ1) is 30.3. The average molecular weight is 863 g/mol. The smallest absolute Gasteiger partial charge is 0.407 e. The summed E-state index contributed by atoms with van der Waals surface area (Å²) < 4.78 is 15.9. The molecule has 4 aromatic rings. The van der Waals surface area contributed by atoms with Gasteiger partial charge in [-0.15, -0.1) is 0 Å². The van der Waals surface area contributed by atoms with E-state index >= 15 is 0 Å². The number of hydrogen-bond acceptors (Lipinski definition) is 11. The van der Waals surface area contributed by atoms with E-state index in [1.54, 1.807) is 6.21 Å². The highest BCUT2D eigenvalue weighted by molar-refractivity contribution is 6.36. The van der Waals surface area contributed by atoms with Crippen LogP contribution in [0.5, 0.6) is 0 Å². The zero-order valence-corrected chi connectivity index (χ0v) is 37.5. The number of piperidine rings is 2. The molecule has 0 spiro atoms. The van der Waals surface area contributed by atoms with Gasteiger partial charge in [-0.3, -0.25) is 25.0 Å². The van der Waals surface area contributed by atoms with Crippen LogP contribution in [0.15, 0.2) is 62.9 Å². The molecule has 1 aliphatic carbocycles. The first-order valence-corrected chi connectivity index (χ1v) is 22.3. The first-order valence-electron chi connectivity index (χ1n) is 22.3. The highest BCUT2D eigenvalue weighted by atomic mass is 16.5. The third-order valence-corrected chi connectivity index (χ3v) is 13.5. The van der Waals surface area contributed by atoms with Gasteiger partial charge in [-0.1, -0.05) is 71.0 Å². The van der Waals surface area contributed by atoms with Crippen molar-refractivity contribution in [2.75, 3.05) is 40.4 Å². The molecule has 3 fully saturated rings. The minimum Gasteiger partial charge on any atom is -0.456 e. The molecule has 2 aliphatic heterocycles. The lowest BCUT2D eigenvalue weighted by molar-refractivity contribution is -0.139. The fraction of sp³-hybridized carbons (Fsp3) is 0.521. The highest BCUT2D eigenvalue weighted by Gasteiger charge is 2.49. The van der Waals surface area contributed by atoms with Crippen LogP contribution >= 0.6 is 0 Å². The van der Waals surface area contributed by atoms with Crippen LogP contribution < -0.4 is 16.4 Å². The maximum atomic E-state index is 13.9. The van der Waals surface area contributed by atoms with Gasteiger partial charge in [0, 0.05) is 47.2 Å². The molecule has 63 heavy (non-hydrogen) atoms. The Labute approximate surface area is 369 Å². The van der Waals surface area contributed by atoms with E-state index in [1.807, 2.05) is 80.0 Å². The number of amides is 4. The Balaban J connectivity index is 1.07. The summed E-state index contributed by atoms with van der Waals surface area (Å²) in [7, 11) is 2.58. The number of alkyl carbamates (subject to hydrolysis) is 2. The summed E-state index contributed by atoms with van der Waals surface area (Å²) in [4.78, 5) is 65.5. The maximum absolute atomic E-state index is 13.9. The van der Waals surface area contributed by atoms with E-state index in [0.29, 0.717) is 36.8 Å². The van der Waals surface area contributed by atoms with Crippen molar-refractivity contribution in [2.45, 2.75) is 96.9 Å². The van der Waals surface area contributed by atoms with E-state index in [1.165, 1.54) is 14.2 Å². The quantitative estimate of drug-likeness (QED) is 0.0951. The number of benzene rings is 3. The van der Waals surface area contributed by atoms with Crippen molar-refractivity contribution in [3.05, 3.63) is 59.7 Å². The van der Waals surface area contributed by atoms with Crippen LogP contribution in [0.2, 0.25) is 0 Å². The largest absolute Gasteiger partial charge is 0.456 e. The van der Waals surface area contributed by atoms with Crippen LogP contribution in [0.4, 0.5) is 9.59 Å². The molecule has 336 valence electrons. The van der Waals surface area contributed by atoms with Crippen LogP contribution in [0.1, 0.15) is 77.8 Å². The number of fused-ring (bicyclic) bond motifs is 7. The second-order valence-electron chi connectivity index (χ2n) is 18.0. The number of nitrogens with one attached hydrogen (secondary N) is 3. The monoisotopic (exact) mass is 862 g/mol. The van der Waals surface area contributed by atoms with Crippen molar-refractivity contribution in [1.29, 1.82) is 5.41 Å². The lowest BCUT2D eigenvalue weighted by atomic mass is 9.89. The Hall–Kier alpha value is -5.83. The summed E-state index contributed by atoms with van der Waals surface area (Å²) in [5, 5.41) is 16.2. The van der Waals surface area contributed by atoms with Crippen molar-refractivity contribution in [2.24, 2.45) is 39.4 Å². The van der Waals surface area contributed by atoms with E-state index in [2.05, 4.69) is 23.6 Å². The molecule has 4 bridgehead atoms. The van der Waals surface area contributed by atoms with Gasteiger partial charge in [0.15, 0.2) is 0 Å². The summed E-state index contributed by atoms with van der Waals surface area (Å²) in [6.07, 6.45) is 5.05. The number of aliphatic imine (C=N–C) groups is 2. The number of ether oxygens (including phenoxy) is 2. The molecule has 15 heteroatoms. The molecule has 7 atom stereocenters. The second-order valence-corrected chi connectivity index (χ2v) is 18.0. The molecule has 0 radical (unpaired) electrons. The van der Waals surface area contributed by atoms with Crippen molar-refractivity contribution in [3.63, 3.8) is 0 Å². The van der Waals surface area contributed by atoms with Crippen LogP contribution in [0, 0.1) is 29.1 Å². The minimum absolute atomic E-state index is 0.0886. The van der Waals surface area contributed by atoms with E-state index in [0.717, 1.165) is 70.7 Å². The molecule has 2 saturated heterocycles. The number of methoxy groups -OCH3 is 2. The standard InChI is InChI=1S/C48H62N8O7/c1-26(2)43(53-47(59)61-6)45(57)55-20-8-9-28(5)37(55)25-52-36(22-49)34-17-16-33(41-39-18-19-40(63-39)42(34)41)29-10-12-30(13-11-29)35(50)23-51-24-38-31-14-15-32(21-31)56(38)46(58)44(27(3)4)54-48(60)62-7/h10-13,16-19,23,26-28,31-32,37-38,43-44,50H,8-9,14-15,20-22,24-25,49H2,1-7H3,(H,53,59)(H,54,60). The Morgan fingerprint density at radius 3 is 2.14 bits per heavy atom. The summed E-state index contributed by atoms with van der Waals surface area (Å²) >= 11 is 0. The number of hydrogen-bond donors (Lipinski definition) is 4. The molecule has 7 unspecified atom stereocenters. The van der Waals surface area contributed by atoms with Gasteiger partial charge in [-0.05, 0) is 79.0 Å². The molecule has 2 aromatic carbocycles. The van der Waals surface area contributed by atoms with Crippen LogP contribution in [-0.2, 0) is 19.1 Å². The zero-order valence-electron chi connectivity index (χ0n) is 37.5. The summed E-state index contributed by atoms with van der Waals surface area (Å²) in [6, 6.07) is 14.3. The molecular weight excluding hydrogens is 801 g/mol. The maximum Gasteiger partial charge on any atom is 0.407 e. The van der Waals surface area contributed by atoms with Crippen molar-refractivity contribution in [3.8, 4) is 11.1 Å². The van der Waals surface area contributed by atoms with Crippen molar-refractivity contribution in [1.82, 2.24) is 20.4 Å². The highest BCUT2D eigenvalue weighted by Crippen LogP contribution is 2.44. The molecule has 4 amide bonds.